The highest BCUT2D eigenvalue weighted by molar-refractivity contribution is 5.74. The van der Waals surface area contributed by atoms with E-state index in [1.54, 1.807) is 7.11 Å². The van der Waals surface area contributed by atoms with Crippen molar-refractivity contribution in [2.24, 2.45) is 0 Å². The lowest BCUT2D eigenvalue weighted by molar-refractivity contribution is -0.0947. The minimum Gasteiger partial charge on any atom is -0.496 e. The predicted molar refractivity (Wildman–Crippen MR) is 98.9 cm³/mol. The van der Waals surface area contributed by atoms with Gasteiger partial charge in [-0.15, -0.1) is 0 Å². The Morgan fingerprint density at radius 3 is 2.52 bits per heavy atom. The Kier molecular flexibility index (Phi) is 6.67. The van der Waals surface area contributed by atoms with Crippen molar-refractivity contribution in [3.05, 3.63) is 29.8 Å². The number of nitrogens with zero attached hydrogens (tertiary/aromatic N) is 1. The van der Waals surface area contributed by atoms with E-state index in [1.165, 1.54) is 0 Å². The highest BCUT2D eigenvalue weighted by Crippen LogP contribution is 2.20. The second kappa shape index (κ2) is 8.54. The number of hydrogen-bond acceptors (Lipinski definition) is 4. The van der Waals surface area contributed by atoms with Crippen molar-refractivity contribution in [2.75, 3.05) is 26.7 Å². The number of methoxy groups -OCH3 is 1. The van der Waals surface area contributed by atoms with E-state index in [4.69, 9.17) is 9.47 Å². The van der Waals surface area contributed by atoms with Crippen LogP contribution in [0.1, 0.15) is 33.3 Å². The number of benzene rings is 1. The molecule has 1 aliphatic rings. The molecule has 1 saturated heterocycles. The Hall–Kier alpha value is -1.79. The van der Waals surface area contributed by atoms with Crippen molar-refractivity contribution in [2.45, 2.75) is 52.0 Å². The first-order chi connectivity index (χ1) is 11.8. The van der Waals surface area contributed by atoms with E-state index in [2.05, 4.69) is 43.2 Å². The summed E-state index contributed by atoms with van der Waals surface area (Å²) in [5, 5.41) is 5.88. The Bertz CT molecular complexity index is 567. The molecule has 6 heteroatoms. The number of morpholine rings is 1. The summed E-state index contributed by atoms with van der Waals surface area (Å²) in [6, 6.07) is 7.50. The van der Waals surface area contributed by atoms with Gasteiger partial charge in [0.2, 0.25) is 0 Å². The zero-order valence-corrected chi connectivity index (χ0v) is 16.0. The molecule has 2 amide bonds. The van der Waals surface area contributed by atoms with Crippen LogP contribution in [0.5, 0.6) is 5.75 Å². The second-order valence-corrected chi connectivity index (χ2v) is 7.32. The van der Waals surface area contributed by atoms with E-state index in [1.807, 2.05) is 24.3 Å². The molecule has 1 fully saturated rings. The summed E-state index contributed by atoms with van der Waals surface area (Å²) in [5.41, 5.74) is 0.823. The van der Waals surface area contributed by atoms with Gasteiger partial charge in [-0.1, -0.05) is 18.2 Å². The maximum absolute atomic E-state index is 12.2. The number of carbonyl (C=O) groups excluding carboxylic acids is 1. The summed E-state index contributed by atoms with van der Waals surface area (Å²) in [6.07, 6.45) is 0.421. The normalized spacial score (nSPS) is 21.6. The van der Waals surface area contributed by atoms with Gasteiger partial charge in [-0.25, -0.2) is 4.79 Å². The SMILES string of the molecule is COc1ccccc1CNC(=O)NCC(C)(C)N1C[C@@H](C)O[C@H](C)C1. The molecule has 0 aromatic heterocycles. The fourth-order valence-electron chi connectivity index (χ4n) is 3.17. The summed E-state index contributed by atoms with van der Waals surface area (Å²) < 4.78 is 11.1. The van der Waals surface area contributed by atoms with Crippen molar-refractivity contribution in [3.63, 3.8) is 0 Å². The molecular formula is C19H31N3O3. The van der Waals surface area contributed by atoms with E-state index in [0.29, 0.717) is 13.1 Å². The third kappa shape index (κ3) is 5.61. The lowest BCUT2D eigenvalue weighted by atomic mass is 10.00. The molecule has 0 spiro atoms. The number of para-hydroxylation sites is 1. The van der Waals surface area contributed by atoms with Gasteiger partial charge < -0.3 is 20.1 Å². The smallest absolute Gasteiger partial charge is 0.315 e. The lowest BCUT2D eigenvalue weighted by Crippen LogP contribution is -2.59. The molecule has 1 aromatic rings. The molecule has 0 saturated carbocycles. The quantitative estimate of drug-likeness (QED) is 0.828. The molecule has 1 aliphatic heterocycles. The molecule has 0 unspecified atom stereocenters. The molecule has 1 aromatic carbocycles. The number of nitrogens with one attached hydrogen (secondary N) is 2. The van der Waals surface area contributed by atoms with Gasteiger partial charge in [-0.3, -0.25) is 4.90 Å². The van der Waals surface area contributed by atoms with Crippen LogP contribution in [-0.4, -0.2) is 55.4 Å². The summed E-state index contributed by atoms with van der Waals surface area (Å²) >= 11 is 0. The zero-order chi connectivity index (χ0) is 18.4. The van der Waals surface area contributed by atoms with Crippen molar-refractivity contribution >= 4 is 6.03 Å². The number of amides is 2. The average Bonchev–Trinajstić information content (AvgIpc) is 2.57. The van der Waals surface area contributed by atoms with E-state index in [0.717, 1.165) is 24.4 Å². The molecular weight excluding hydrogens is 318 g/mol. The van der Waals surface area contributed by atoms with Crippen LogP contribution in [0, 0.1) is 0 Å². The molecule has 2 rings (SSSR count). The molecule has 6 nitrogen and oxygen atoms in total. The fourth-order valence-corrected chi connectivity index (χ4v) is 3.17. The largest absolute Gasteiger partial charge is 0.496 e. The highest BCUT2D eigenvalue weighted by atomic mass is 16.5. The summed E-state index contributed by atoms with van der Waals surface area (Å²) in [4.78, 5) is 14.5. The van der Waals surface area contributed by atoms with Crippen LogP contribution in [0.3, 0.4) is 0 Å². The van der Waals surface area contributed by atoms with Crippen LogP contribution in [0.2, 0.25) is 0 Å². The van der Waals surface area contributed by atoms with Crippen LogP contribution in [0.25, 0.3) is 0 Å². The lowest BCUT2D eigenvalue weighted by Gasteiger charge is -2.45. The van der Waals surface area contributed by atoms with Crippen molar-refractivity contribution in [1.82, 2.24) is 15.5 Å². The molecule has 2 N–H and O–H groups in total. The van der Waals surface area contributed by atoms with Gasteiger partial charge >= 0.3 is 6.03 Å². The number of urea groups is 1. The predicted octanol–water partition coefficient (Wildman–Crippen LogP) is 2.38. The van der Waals surface area contributed by atoms with Gasteiger partial charge in [-0.05, 0) is 33.8 Å². The molecule has 0 bridgehead atoms. The first kappa shape index (κ1) is 19.5. The standard InChI is InChI=1S/C19H31N3O3/c1-14-11-22(12-15(2)25-14)19(3,4)13-21-18(23)20-10-16-8-6-7-9-17(16)24-5/h6-9,14-15H,10-13H2,1-5H3,(H2,20,21,23)/t14-,15-/m1/s1. The maximum atomic E-state index is 12.2. The minimum absolute atomic E-state index is 0.131. The Morgan fingerprint density at radius 1 is 1.24 bits per heavy atom. The first-order valence-corrected chi connectivity index (χ1v) is 8.86. The zero-order valence-electron chi connectivity index (χ0n) is 16.0. The summed E-state index contributed by atoms with van der Waals surface area (Å²) in [5.74, 6) is 0.777. The third-order valence-corrected chi connectivity index (χ3v) is 4.59. The highest BCUT2D eigenvalue weighted by Gasteiger charge is 2.33. The van der Waals surface area contributed by atoms with Crippen molar-refractivity contribution in [1.29, 1.82) is 0 Å². The fraction of sp³-hybridized carbons (Fsp3) is 0.632. The average molecular weight is 349 g/mol. The monoisotopic (exact) mass is 349 g/mol. The number of ether oxygens (including phenoxy) is 2. The molecule has 2 atom stereocenters. The van der Waals surface area contributed by atoms with Crippen molar-refractivity contribution < 1.29 is 14.3 Å². The molecule has 0 radical (unpaired) electrons. The number of hydrogen-bond donors (Lipinski definition) is 2. The van der Waals surface area contributed by atoms with Gasteiger partial charge in [0.1, 0.15) is 5.75 Å². The van der Waals surface area contributed by atoms with Gasteiger partial charge in [0.25, 0.3) is 0 Å². The number of rotatable bonds is 6. The van der Waals surface area contributed by atoms with Crippen LogP contribution in [-0.2, 0) is 11.3 Å². The Balaban J connectivity index is 1.82. The topological polar surface area (TPSA) is 62.8 Å². The summed E-state index contributed by atoms with van der Waals surface area (Å²) in [6.45, 7) is 11.2. The Morgan fingerprint density at radius 2 is 1.88 bits per heavy atom. The van der Waals surface area contributed by atoms with E-state index in [9.17, 15) is 4.79 Å². The van der Waals surface area contributed by atoms with Crippen molar-refractivity contribution in [3.8, 4) is 5.75 Å². The molecule has 0 aliphatic carbocycles. The van der Waals surface area contributed by atoms with Gasteiger partial charge in [0.15, 0.2) is 0 Å². The van der Waals surface area contributed by atoms with Gasteiger partial charge in [-0.2, -0.15) is 0 Å². The van der Waals surface area contributed by atoms with Crippen LogP contribution < -0.4 is 15.4 Å². The maximum Gasteiger partial charge on any atom is 0.315 e. The number of carbonyl (C=O) groups is 1. The second-order valence-electron chi connectivity index (χ2n) is 7.32. The minimum atomic E-state index is -0.173. The Labute approximate surface area is 150 Å². The third-order valence-electron chi connectivity index (χ3n) is 4.59. The molecule has 25 heavy (non-hydrogen) atoms. The molecule has 1 heterocycles. The van der Waals surface area contributed by atoms with Crippen LogP contribution in [0.15, 0.2) is 24.3 Å². The molecule has 140 valence electrons. The van der Waals surface area contributed by atoms with Gasteiger partial charge in [0, 0.05) is 37.3 Å². The van der Waals surface area contributed by atoms with Gasteiger partial charge in [0.05, 0.1) is 19.3 Å². The van der Waals surface area contributed by atoms with E-state index < -0.39 is 0 Å². The van der Waals surface area contributed by atoms with E-state index >= 15 is 0 Å². The van der Waals surface area contributed by atoms with Crippen LogP contribution in [0.4, 0.5) is 4.79 Å². The first-order valence-electron chi connectivity index (χ1n) is 8.86. The van der Waals surface area contributed by atoms with Crippen LogP contribution >= 0.6 is 0 Å². The summed E-state index contributed by atoms with van der Waals surface area (Å²) in [7, 11) is 1.63. The van der Waals surface area contributed by atoms with E-state index in [-0.39, 0.29) is 23.8 Å².